The second kappa shape index (κ2) is 10.1. The number of rotatable bonds is 8. The van der Waals surface area contributed by atoms with Gasteiger partial charge in [0.1, 0.15) is 5.84 Å². The largest absolute Gasteiger partial charge is 0.302 e. The van der Waals surface area contributed by atoms with Gasteiger partial charge in [0, 0.05) is 29.5 Å². The fourth-order valence-electron chi connectivity index (χ4n) is 4.23. The van der Waals surface area contributed by atoms with Crippen LogP contribution in [0.15, 0.2) is 51.7 Å². The van der Waals surface area contributed by atoms with Crippen LogP contribution < -0.4 is 10.0 Å². The summed E-state index contributed by atoms with van der Waals surface area (Å²) in [6, 6.07) is 11.1. The number of nitrogens with one attached hydrogen (secondary N) is 2. The molecular weight excluding hydrogens is 468 g/mol. The number of carbonyl (C=O) groups is 1. The number of aryl methyl sites for hydroxylation is 3. The summed E-state index contributed by atoms with van der Waals surface area (Å²) in [5.41, 5.74) is 6.20. The Hall–Kier alpha value is -3.04. The lowest BCUT2D eigenvalue weighted by Gasteiger charge is -2.08. The van der Waals surface area contributed by atoms with Gasteiger partial charge in [-0.05, 0) is 56.9 Å². The molecule has 0 atom stereocenters. The number of amidine groups is 1. The Bertz CT molecular complexity index is 1340. The second-order valence-corrected chi connectivity index (χ2v) is 11.0. The number of unbranched alkanes of at least 4 members (excludes halogenated alkanes) is 2. The van der Waals surface area contributed by atoms with E-state index in [9.17, 15) is 13.2 Å². The summed E-state index contributed by atoms with van der Waals surface area (Å²) in [5, 5.41) is 5.49. The average molecular weight is 497 g/mol. The Labute approximate surface area is 204 Å². The highest BCUT2D eigenvalue weighted by atomic mass is 32.2. The van der Waals surface area contributed by atoms with Crippen molar-refractivity contribution in [1.82, 2.24) is 9.71 Å². The summed E-state index contributed by atoms with van der Waals surface area (Å²) in [6.45, 7) is 6.74. The Morgan fingerprint density at radius 2 is 1.82 bits per heavy atom. The number of aromatic nitrogens is 1. The van der Waals surface area contributed by atoms with Crippen LogP contribution in [0.4, 0.5) is 5.13 Å². The Morgan fingerprint density at radius 3 is 2.59 bits per heavy atom. The van der Waals surface area contributed by atoms with Crippen molar-refractivity contribution in [3.8, 4) is 11.3 Å². The van der Waals surface area contributed by atoms with Crippen molar-refractivity contribution < 1.29 is 13.2 Å². The molecular formula is C25H28N4O3S2. The van der Waals surface area contributed by atoms with Crippen LogP contribution >= 0.6 is 11.3 Å². The fourth-order valence-corrected chi connectivity index (χ4v) is 6.20. The Morgan fingerprint density at radius 1 is 1.09 bits per heavy atom. The van der Waals surface area contributed by atoms with E-state index in [4.69, 9.17) is 0 Å². The molecule has 2 N–H and O–H groups in total. The van der Waals surface area contributed by atoms with Gasteiger partial charge in [0.2, 0.25) is 5.91 Å². The molecule has 0 saturated heterocycles. The molecule has 1 amide bonds. The zero-order chi connectivity index (χ0) is 24.3. The maximum absolute atomic E-state index is 12.3. The van der Waals surface area contributed by atoms with Crippen molar-refractivity contribution >= 4 is 38.2 Å². The highest BCUT2D eigenvalue weighted by Crippen LogP contribution is 2.31. The summed E-state index contributed by atoms with van der Waals surface area (Å²) in [4.78, 5) is 21.6. The normalized spacial score (nSPS) is 15.2. The molecule has 0 spiro atoms. The third kappa shape index (κ3) is 5.37. The first-order valence-electron chi connectivity index (χ1n) is 11.2. The van der Waals surface area contributed by atoms with Gasteiger partial charge in [0.05, 0.1) is 10.6 Å². The first-order chi connectivity index (χ1) is 16.2. The highest BCUT2D eigenvalue weighted by molar-refractivity contribution is 7.90. The molecule has 4 rings (SSSR count). The van der Waals surface area contributed by atoms with Crippen molar-refractivity contribution in [2.24, 2.45) is 4.99 Å². The third-order valence-electron chi connectivity index (χ3n) is 5.68. The first-order valence-corrected chi connectivity index (χ1v) is 13.6. The number of sulfonamides is 1. The van der Waals surface area contributed by atoms with E-state index in [-0.39, 0.29) is 10.8 Å². The zero-order valence-electron chi connectivity index (χ0n) is 19.5. The van der Waals surface area contributed by atoms with Crippen molar-refractivity contribution in [3.05, 3.63) is 64.0 Å². The van der Waals surface area contributed by atoms with Crippen LogP contribution in [0.1, 0.15) is 47.9 Å². The second-order valence-electron chi connectivity index (χ2n) is 8.50. The van der Waals surface area contributed by atoms with Crippen LogP contribution in [-0.2, 0) is 14.8 Å². The highest BCUT2D eigenvalue weighted by Gasteiger charge is 2.29. The maximum Gasteiger partial charge on any atom is 0.263 e. The molecule has 2 aromatic carbocycles. The van der Waals surface area contributed by atoms with E-state index in [0.29, 0.717) is 29.5 Å². The van der Waals surface area contributed by atoms with Gasteiger partial charge in [0.15, 0.2) is 5.13 Å². The minimum atomic E-state index is -3.50. The number of hydrogen-bond donors (Lipinski definition) is 2. The van der Waals surface area contributed by atoms with Gasteiger partial charge in [-0.2, -0.15) is 0 Å². The number of benzene rings is 2. The van der Waals surface area contributed by atoms with Crippen molar-refractivity contribution in [2.75, 3.05) is 11.9 Å². The molecule has 0 aliphatic carbocycles. The molecule has 0 fully saturated rings. The molecule has 178 valence electrons. The number of hydrogen-bond acceptors (Lipinski definition) is 6. The topological polar surface area (TPSA) is 101 Å². The number of amides is 1. The van der Waals surface area contributed by atoms with E-state index in [2.05, 4.69) is 52.9 Å². The van der Waals surface area contributed by atoms with Gasteiger partial charge in [-0.1, -0.05) is 36.2 Å². The lowest BCUT2D eigenvalue weighted by Crippen LogP contribution is -2.22. The molecule has 3 aromatic rings. The molecule has 2 heterocycles. The number of aliphatic imine (C=N–C) groups is 1. The van der Waals surface area contributed by atoms with Crippen LogP contribution in [0.5, 0.6) is 0 Å². The molecule has 1 aliphatic heterocycles. The summed E-state index contributed by atoms with van der Waals surface area (Å²) < 4.78 is 26.7. The van der Waals surface area contributed by atoms with Crippen LogP contribution in [0.25, 0.3) is 11.3 Å². The van der Waals surface area contributed by atoms with Gasteiger partial charge < -0.3 is 5.32 Å². The Balaban J connectivity index is 1.23. The quantitative estimate of drug-likeness (QED) is 0.430. The summed E-state index contributed by atoms with van der Waals surface area (Å²) in [7, 11) is -3.50. The minimum absolute atomic E-state index is 0.0537. The predicted molar refractivity (Wildman–Crippen MR) is 137 cm³/mol. The van der Waals surface area contributed by atoms with Crippen molar-refractivity contribution in [3.63, 3.8) is 0 Å². The van der Waals surface area contributed by atoms with Crippen LogP contribution in [0, 0.1) is 20.8 Å². The lowest BCUT2D eigenvalue weighted by atomic mass is 9.98. The van der Waals surface area contributed by atoms with Crippen molar-refractivity contribution in [2.45, 2.75) is 51.3 Å². The van der Waals surface area contributed by atoms with E-state index >= 15 is 0 Å². The van der Waals surface area contributed by atoms with Crippen LogP contribution in [-0.4, -0.2) is 31.7 Å². The van der Waals surface area contributed by atoms with Gasteiger partial charge in [-0.15, -0.1) is 11.3 Å². The SMILES string of the molecule is Cc1cc(C)c(-c2csc(NC(=O)CCCCCN=C3NS(=O)(=O)c4ccccc43)n2)c(C)c1. The maximum atomic E-state index is 12.3. The summed E-state index contributed by atoms with van der Waals surface area (Å²) in [5.74, 6) is 0.342. The summed E-state index contributed by atoms with van der Waals surface area (Å²) >= 11 is 1.43. The van der Waals surface area contributed by atoms with Gasteiger partial charge in [-0.3, -0.25) is 14.5 Å². The van der Waals surface area contributed by atoms with Gasteiger partial charge in [0.25, 0.3) is 10.0 Å². The number of fused-ring (bicyclic) bond motifs is 1. The molecule has 34 heavy (non-hydrogen) atoms. The zero-order valence-corrected chi connectivity index (χ0v) is 21.1. The standard InChI is InChI=1S/C25H28N4O3S2/c1-16-13-17(2)23(18(3)14-16)20-15-33-25(27-20)28-22(30)11-5-4-8-12-26-24-19-9-6-7-10-21(19)34(31,32)29-24/h6-7,9-10,13-15H,4-5,8,11-12H2,1-3H3,(H,26,29)(H,27,28,30). The monoisotopic (exact) mass is 496 g/mol. The molecule has 9 heteroatoms. The predicted octanol–water partition coefficient (Wildman–Crippen LogP) is 4.97. The lowest BCUT2D eigenvalue weighted by molar-refractivity contribution is -0.116. The van der Waals surface area contributed by atoms with Crippen LogP contribution in [0.3, 0.4) is 0 Å². The van der Waals surface area contributed by atoms with Gasteiger partial charge in [-0.25, -0.2) is 13.4 Å². The number of nitrogens with zero attached hydrogens (tertiary/aromatic N) is 2. The number of carbonyl (C=O) groups excluding carboxylic acids is 1. The molecule has 0 bridgehead atoms. The minimum Gasteiger partial charge on any atom is -0.302 e. The molecule has 0 saturated carbocycles. The van der Waals surface area contributed by atoms with E-state index < -0.39 is 10.0 Å². The molecule has 7 nitrogen and oxygen atoms in total. The van der Waals surface area contributed by atoms with Crippen molar-refractivity contribution in [1.29, 1.82) is 0 Å². The van der Waals surface area contributed by atoms with E-state index in [1.54, 1.807) is 24.3 Å². The molecule has 0 radical (unpaired) electrons. The van der Waals surface area contributed by atoms with E-state index in [1.807, 2.05) is 5.38 Å². The number of anilines is 1. The summed E-state index contributed by atoms with van der Waals surface area (Å²) in [6.07, 6.45) is 2.73. The van der Waals surface area contributed by atoms with E-state index in [1.165, 1.54) is 28.0 Å². The number of thiazole rings is 1. The fraction of sp³-hybridized carbons (Fsp3) is 0.320. The molecule has 0 unspecified atom stereocenters. The smallest absolute Gasteiger partial charge is 0.263 e. The Kier molecular flexibility index (Phi) is 7.13. The van der Waals surface area contributed by atoms with Crippen LogP contribution in [0.2, 0.25) is 0 Å². The average Bonchev–Trinajstić information content (AvgIpc) is 3.32. The third-order valence-corrected chi connectivity index (χ3v) is 7.83. The molecule has 1 aliphatic rings. The first kappa shape index (κ1) is 24.1. The van der Waals surface area contributed by atoms with E-state index in [0.717, 1.165) is 30.5 Å². The molecule has 1 aromatic heterocycles. The van der Waals surface area contributed by atoms with Gasteiger partial charge >= 0.3 is 0 Å².